The molecule has 0 saturated heterocycles. The summed E-state index contributed by atoms with van der Waals surface area (Å²) in [5, 5.41) is 35.4. The fourth-order valence-electron chi connectivity index (χ4n) is 22.9. The van der Waals surface area contributed by atoms with Crippen molar-refractivity contribution in [3.8, 4) is 134 Å². The third-order valence-corrected chi connectivity index (χ3v) is 29.2. The van der Waals surface area contributed by atoms with Gasteiger partial charge in [0.2, 0.25) is 0 Å². The number of hydrogen-bond donors (Lipinski definition) is 0. The third-order valence-electron chi connectivity index (χ3n) is 29.2. The summed E-state index contributed by atoms with van der Waals surface area (Å²) in [6.07, 6.45) is 0. The molecule has 0 radical (unpaired) electrons. The molecule has 0 aliphatic heterocycles. The van der Waals surface area contributed by atoms with Gasteiger partial charge in [-0.2, -0.15) is 0 Å². The van der Waals surface area contributed by atoms with Crippen LogP contribution in [0.4, 0.5) is 0 Å². The molecule has 0 bridgehead atoms. The van der Waals surface area contributed by atoms with Crippen LogP contribution >= 0.6 is 0 Å². The molecule has 0 N–H and O–H groups in total. The van der Waals surface area contributed by atoms with Crippen molar-refractivity contribution >= 4 is 151 Å². The van der Waals surface area contributed by atoms with E-state index in [4.69, 9.17) is 0 Å². The Labute approximate surface area is 788 Å². The maximum atomic E-state index is 2.49. The van der Waals surface area contributed by atoms with Crippen molar-refractivity contribution in [2.75, 3.05) is 0 Å². The monoisotopic (exact) mass is 1720 g/mol. The highest BCUT2D eigenvalue weighted by atomic mass is 14.3. The van der Waals surface area contributed by atoms with Crippen LogP contribution in [0, 0.1) is 0 Å². The van der Waals surface area contributed by atoms with Crippen molar-refractivity contribution in [1.29, 1.82) is 0 Å². The van der Waals surface area contributed by atoms with Crippen LogP contribution in [0.1, 0.15) is 0 Å². The fraction of sp³-hybridized carbons (Fsp3) is 0. The van der Waals surface area contributed by atoms with E-state index in [2.05, 4.69) is 510 Å². The largest absolute Gasteiger partial charge is 0.0622 e. The van der Waals surface area contributed by atoms with E-state index < -0.39 is 0 Å². The van der Waals surface area contributed by atoms with Gasteiger partial charge in [-0.05, 0) is 345 Å². The highest BCUT2D eigenvalue weighted by molar-refractivity contribution is 6.36. The molecule has 0 atom stereocenters. The molecule has 0 aliphatic carbocycles. The van der Waals surface area contributed by atoms with Gasteiger partial charge in [0.15, 0.2) is 0 Å². The molecule has 0 saturated carbocycles. The zero-order valence-electron chi connectivity index (χ0n) is 74.5. The first kappa shape index (κ1) is 78.2. The smallest absolute Gasteiger partial charge is 0.00139 e. The van der Waals surface area contributed by atoms with Crippen LogP contribution in [-0.2, 0) is 0 Å². The van der Waals surface area contributed by atoms with Crippen molar-refractivity contribution in [1.82, 2.24) is 0 Å². The highest BCUT2D eigenvalue weighted by Crippen LogP contribution is 2.55. The molecule has 0 amide bonds. The SMILES string of the molecule is c1ccc(-c2ccc(-c3cc(-c4cc5ccccc5c5ccccc45)c4ccc5c(-c6ccc(-c7ccccc7)cc6)cc(-c6cc7ccccc7c7ccccc67)c6ccc3c4c56)cc2)cc1.c1ccc(-c2cccc(-c3cc(-c4cc5ccccc5c5ccccc45)c4ccc5c(-c6cccc(-c7ccccc7)c6)cc(-c6cc7ccccc7c7ccccc67)c6ccc3c4c56)c2)cc1. The Bertz CT molecular complexity index is 9110. The molecule has 0 aliphatic rings. The molecule has 28 aromatic carbocycles. The minimum absolute atomic E-state index is 1.20. The second-order valence-electron chi connectivity index (χ2n) is 36.6. The van der Waals surface area contributed by atoms with Gasteiger partial charge in [0.1, 0.15) is 0 Å². The van der Waals surface area contributed by atoms with Crippen LogP contribution in [-0.4, -0.2) is 0 Å². The zero-order valence-corrected chi connectivity index (χ0v) is 74.5. The molecule has 0 fully saturated rings. The fourth-order valence-corrected chi connectivity index (χ4v) is 22.9. The third kappa shape index (κ3) is 12.9. The molecular weight excluding hydrogens is 1630 g/mol. The summed E-state index contributed by atoms with van der Waals surface area (Å²) in [7, 11) is 0. The lowest BCUT2D eigenvalue weighted by atomic mass is 9.80. The van der Waals surface area contributed by atoms with E-state index in [-0.39, 0.29) is 0 Å². The second kappa shape index (κ2) is 32.1. The molecule has 0 nitrogen and oxygen atoms in total. The summed E-state index contributed by atoms with van der Waals surface area (Å²) in [4.78, 5) is 0. The lowest BCUT2D eigenvalue weighted by molar-refractivity contribution is 1.60. The minimum Gasteiger partial charge on any atom is -0.0622 e. The molecular formula is C136H84. The average Bonchev–Trinajstić information content (AvgIpc) is 0.702. The predicted octanol–water partition coefficient (Wildman–Crippen LogP) is 38.4. The Balaban J connectivity index is 0.000000138. The van der Waals surface area contributed by atoms with E-state index in [1.165, 1.54) is 284 Å². The minimum atomic E-state index is 1.20. The maximum absolute atomic E-state index is 2.49. The first-order valence-electron chi connectivity index (χ1n) is 47.3. The first-order chi connectivity index (χ1) is 67.5. The van der Waals surface area contributed by atoms with Gasteiger partial charge in [-0.25, -0.2) is 0 Å². The quantitative estimate of drug-likeness (QED) is 0.107. The van der Waals surface area contributed by atoms with Crippen molar-refractivity contribution in [3.63, 3.8) is 0 Å². The van der Waals surface area contributed by atoms with Crippen LogP contribution in [0.2, 0.25) is 0 Å². The van der Waals surface area contributed by atoms with Gasteiger partial charge in [-0.3, -0.25) is 0 Å². The van der Waals surface area contributed by atoms with Crippen LogP contribution < -0.4 is 0 Å². The standard InChI is InChI=1S/2C68H42/c1-3-17-43(18-4-1)45-23-15-25-47(37-45)61-41-65(63-39-49-21-7-9-27-51(49)53-29-11-13-31-55(53)63)59-36-34-58-62(48-26-16-24-46(38-48)44-19-5-2-6-20-44)42-66(60-35-33-57(61)67(59)68(58)60)64-40-50-22-8-10-28-52(50)54-30-12-14-32-56(54)64;1-3-15-43(16-4-1)45-27-31-47(32-28-45)61-41-65(63-39-49-19-7-9-21-51(49)53-23-11-13-25-55(53)63)59-38-36-58-62(48-33-29-46(30-34-48)44-17-5-2-6-18-44)42-66(60-37-35-57(61)67(59)68(58)60)64-40-50-20-8-10-22-52(50)54-24-12-14-26-56(54)64/h2*1-42H. The van der Waals surface area contributed by atoms with Gasteiger partial charge >= 0.3 is 0 Å². The van der Waals surface area contributed by atoms with Gasteiger partial charge in [0, 0.05) is 0 Å². The molecule has 628 valence electrons. The normalized spacial score (nSPS) is 11.8. The van der Waals surface area contributed by atoms with Gasteiger partial charge in [-0.1, -0.05) is 449 Å². The van der Waals surface area contributed by atoms with E-state index in [1.807, 2.05) is 0 Å². The summed E-state index contributed by atoms with van der Waals surface area (Å²) in [5.74, 6) is 0. The van der Waals surface area contributed by atoms with Crippen LogP contribution in [0.3, 0.4) is 0 Å². The molecule has 0 aromatic heterocycles. The zero-order chi connectivity index (χ0) is 89.4. The Kier molecular flexibility index (Phi) is 18.5. The molecule has 28 aromatic rings. The Hall–Kier alpha value is -17.7. The lowest BCUT2D eigenvalue weighted by Crippen LogP contribution is -1.95. The summed E-state index contributed by atoms with van der Waals surface area (Å²) in [6, 6.07) is 190. The predicted molar refractivity (Wildman–Crippen MR) is 586 cm³/mol. The molecule has 0 heterocycles. The highest BCUT2D eigenvalue weighted by Gasteiger charge is 2.28. The van der Waals surface area contributed by atoms with Crippen molar-refractivity contribution in [2.45, 2.75) is 0 Å². The Morgan fingerprint density at radius 1 is 0.0735 bits per heavy atom. The Morgan fingerprint density at radius 3 is 0.500 bits per heavy atom. The summed E-state index contributed by atoms with van der Waals surface area (Å²) in [5.41, 5.74) is 29.4. The van der Waals surface area contributed by atoms with Gasteiger partial charge in [0.05, 0.1) is 0 Å². The molecule has 0 spiro atoms. The summed E-state index contributed by atoms with van der Waals surface area (Å²) < 4.78 is 0. The molecule has 136 heavy (non-hydrogen) atoms. The van der Waals surface area contributed by atoms with E-state index in [9.17, 15) is 0 Å². The topological polar surface area (TPSA) is 0 Å². The first-order valence-corrected chi connectivity index (χ1v) is 47.3. The number of fused-ring (bicyclic) bond motifs is 12. The summed E-state index contributed by atoms with van der Waals surface area (Å²) >= 11 is 0. The average molecular weight is 1720 g/mol. The molecule has 0 unspecified atom stereocenters. The lowest BCUT2D eigenvalue weighted by Gasteiger charge is -2.23. The number of hydrogen-bond acceptors (Lipinski definition) is 0. The maximum Gasteiger partial charge on any atom is -0.00139 e. The number of benzene rings is 28. The Morgan fingerprint density at radius 2 is 0.243 bits per heavy atom. The second-order valence-corrected chi connectivity index (χ2v) is 36.6. The summed E-state index contributed by atoms with van der Waals surface area (Å²) in [6.45, 7) is 0. The van der Waals surface area contributed by atoms with E-state index in [0.717, 1.165) is 0 Å². The van der Waals surface area contributed by atoms with Crippen LogP contribution in [0.5, 0.6) is 0 Å². The molecule has 28 rings (SSSR count). The van der Waals surface area contributed by atoms with Crippen molar-refractivity contribution < 1.29 is 0 Å². The van der Waals surface area contributed by atoms with Crippen LogP contribution in [0.15, 0.2) is 510 Å². The van der Waals surface area contributed by atoms with Crippen LogP contribution in [0.25, 0.3) is 284 Å². The van der Waals surface area contributed by atoms with Crippen molar-refractivity contribution in [2.24, 2.45) is 0 Å². The van der Waals surface area contributed by atoms with E-state index in [1.54, 1.807) is 0 Å². The molecule has 0 heteroatoms. The van der Waals surface area contributed by atoms with E-state index in [0.29, 0.717) is 0 Å². The number of rotatable bonds is 12. The van der Waals surface area contributed by atoms with Crippen molar-refractivity contribution in [3.05, 3.63) is 510 Å². The van der Waals surface area contributed by atoms with Gasteiger partial charge in [0.25, 0.3) is 0 Å². The van der Waals surface area contributed by atoms with Gasteiger partial charge in [-0.15, -0.1) is 0 Å². The van der Waals surface area contributed by atoms with E-state index >= 15 is 0 Å². The van der Waals surface area contributed by atoms with Gasteiger partial charge < -0.3 is 0 Å².